The van der Waals surface area contributed by atoms with Gasteiger partial charge in [0.2, 0.25) is 5.91 Å². The van der Waals surface area contributed by atoms with E-state index in [0.29, 0.717) is 32.6 Å². The van der Waals surface area contributed by atoms with E-state index in [1.54, 1.807) is 4.68 Å². The van der Waals surface area contributed by atoms with Crippen LogP contribution in [-0.4, -0.2) is 64.6 Å². The molecule has 1 saturated heterocycles. The van der Waals surface area contributed by atoms with Gasteiger partial charge in [0, 0.05) is 13.0 Å². The Labute approximate surface area is 139 Å². The van der Waals surface area contributed by atoms with Crippen molar-refractivity contribution in [3.8, 4) is 0 Å². The highest BCUT2D eigenvalue weighted by Crippen LogP contribution is 2.13. The van der Waals surface area contributed by atoms with Crippen LogP contribution in [0.4, 0.5) is 0 Å². The molecule has 0 saturated carbocycles. The van der Waals surface area contributed by atoms with E-state index >= 15 is 0 Å². The molecule has 1 amide bonds. The molecule has 1 aliphatic rings. The minimum absolute atomic E-state index is 0.0304. The van der Waals surface area contributed by atoms with Crippen molar-refractivity contribution >= 4 is 16.9 Å². The standard InChI is InChI=1S/C16H22N4O4/c21-8-10-24-15-6-9-23-11-13(15)17-16(22)5-7-20-14-4-2-1-3-12(14)18-19-20/h1-4,13,15,21H,5-11H2,(H,17,22)/t13-,15+/m1/s1. The van der Waals surface area contributed by atoms with Gasteiger partial charge >= 0.3 is 0 Å². The highest BCUT2D eigenvalue weighted by Gasteiger charge is 2.27. The molecule has 8 nitrogen and oxygen atoms in total. The summed E-state index contributed by atoms with van der Waals surface area (Å²) in [5.41, 5.74) is 1.73. The number of para-hydroxylation sites is 1. The molecule has 3 rings (SSSR count). The fraction of sp³-hybridized carbons (Fsp3) is 0.562. The molecule has 1 aromatic heterocycles. The summed E-state index contributed by atoms with van der Waals surface area (Å²) in [5.74, 6) is -0.0809. The Hall–Kier alpha value is -2.03. The zero-order valence-corrected chi connectivity index (χ0v) is 13.4. The van der Waals surface area contributed by atoms with E-state index in [1.807, 2.05) is 24.3 Å². The van der Waals surface area contributed by atoms with E-state index in [0.717, 1.165) is 11.0 Å². The molecule has 0 spiro atoms. The molecule has 1 aliphatic heterocycles. The molecule has 0 aliphatic carbocycles. The number of aliphatic hydroxyl groups is 1. The van der Waals surface area contributed by atoms with Crippen molar-refractivity contribution in [2.24, 2.45) is 0 Å². The van der Waals surface area contributed by atoms with Crippen molar-refractivity contribution in [1.82, 2.24) is 20.3 Å². The number of aryl methyl sites for hydroxylation is 1. The van der Waals surface area contributed by atoms with Gasteiger partial charge in [-0.1, -0.05) is 17.3 Å². The van der Waals surface area contributed by atoms with Gasteiger partial charge in [-0.05, 0) is 18.6 Å². The summed E-state index contributed by atoms with van der Waals surface area (Å²) in [5, 5.41) is 20.0. The summed E-state index contributed by atoms with van der Waals surface area (Å²) in [6.07, 6.45) is 0.886. The smallest absolute Gasteiger partial charge is 0.222 e. The average Bonchev–Trinajstić information content (AvgIpc) is 3.02. The monoisotopic (exact) mass is 334 g/mol. The number of nitrogens with one attached hydrogen (secondary N) is 1. The number of aromatic nitrogens is 3. The molecule has 24 heavy (non-hydrogen) atoms. The number of aliphatic hydroxyl groups excluding tert-OH is 1. The van der Waals surface area contributed by atoms with Crippen LogP contribution >= 0.6 is 0 Å². The molecular formula is C16H22N4O4. The molecule has 0 unspecified atom stereocenters. The van der Waals surface area contributed by atoms with Crippen LogP contribution in [0.25, 0.3) is 11.0 Å². The number of amides is 1. The highest BCUT2D eigenvalue weighted by atomic mass is 16.5. The fourth-order valence-electron chi connectivity index (χ4n) is 2.83. The van der Waals surface area contributed by atoms with Crippen molar-refractivity contribution < 1.29 is 19.4 Å². The summed E-state index contributed by atoms with van der Waals surface area (Å²) < 4.78 is 12.7. The number of carbonyl (C=O) groups is 1. The first-order valence-electron chi connectivity index (χ1n) is 8.15. The first kappa shape index (κ1) is 16.8. The summed E-state index contributed by atoms with van der Waals surface area (Å²) in [6.45, 7) is 1.73. The first-order chi connectivity index (χ1) is 11.8. The van der Waals surface area contributed by atoms with Crippen LogP contribution in [-0.2, 0) is 20.8 Å². The molecule has 8 heteroatoms. The minimum atomic E-state index is -0.190. The van der Waals surface area contributed by atoms with E-state index < -0.39 is 0 Å². The van der Waals surface area contributed by atoms with Crippen molar-refractivity contribution in [3.63, 3.8) is 0 Å². The van der Waals surface area contributed by atoms with Gasteiger partial charge in [0.1, 0.15) is 5.52 Å². The number of hydrogen-bond acceptors (Lipinski definition) is 6. The number of fused-ring (bicyclic) bond motifs is 1. The first-order valence-corrected chi connectivity index (χ1v) is 8.15. The molecular weight excluding hydrogens is 312 g/mol. The number of nitrogens with zero attached hydrogens (tertiary/aromatic N) is 3. The van der Waals surface area contributed by atoms with Gasteiger partial charge in [-0.15, -0.1) is 5.10 Å². The number of carbonyl (C=O) groups excluding carboxylic acids is 1. The highest BCUT2D eigenvalue weighted by molar-refractivity contribution is 5.77. The summed E-state index contributed by atoms with van der Waals surface area (Å²) in [4.78, 5) is 12.2. The van der Waals surface area contributed by atoms with Crippen LogP contribution in [0.2, 0.25) is 0 Å². The van der Waals surface area contributed by atoms with Crippen LogP contribution in [0.1, 0.15) is 12.8 Å². The lowest BCUT2D eigenvalue weighted by atomic mass is 10.1. The zero-order valence-electron chi connectivity index (χ0n) is 13.4. The van der Waals surface area contributed by atoms with Gasteiger partial charge in [-0.25, -0.2) is 4.68 Å². The van der Waals surface area contributed by atoms with E-state index in [1.165, 1.54) is 0 Å². The summed E-state index contributed by atoms with van der Waals surface area (Å²) in [6, 6.07) is 7.46. The Morgan fingerprint density at radius 1 is 1.46 bits per heavy atom. The average molecular weight is 334 g/mol. The maximum absolute atomic E-state index is 12.2. The molecule has 2 N–H and O–H groups in total. The maximum Gasteiger partial charge on any atom is 0.222 e. The van der Waals surface area contributed by atoms with Crippen LogP contribution in [0.5, 0.6) is 0 Å². The Bertz CT molecular complexity index is 675. The van der Waals surface area contributed by atoms with Gasteiger partial charge in [0.25, 0.3) is 0 Å². The van der Waals surface area contributed by atoms with Gasteiger partial charge in [-0.3, -0.25) is 4.79 Å². The van der Waals surface area contributed by atoms with Gasteiger partial charge in [0.05, 0.1) is 44.0 Å². The quantitative estimate of drug-likeness (QED) is 0.745. The largest absolute Gasteiger partial charge is 0.394 e. The molecule has 0 bridgehead atoms. The Morgan fingerprint density at radius 2 is 2.33 bits per heavy atom. The zero-order chi connectivity index (χ0) is 16.8. The Balaban J connectivity index is 1.53. The fourth-order valence-corrected chi connectivity index (χ4v) is 2.83. The van der Waals surface area contributed by atoms with Crippen LogP contribution in [0.3, 0.4) is 0 Å². The van der Waals surface area contributed by atoms with Crippen molar-refractivity contribution in [1.29, 1.82) is 0 Å². The Morgan fingerprint density at radius 3 is 3.21 bits per heavy atom. The van der Waals surface area contributed by atoms with Gasteiger partial charge in [-0.2, -0.15) is 0 Å². The second kappa shape index (κ2) is 8.18. The van der Waals surface area contributed by atoms with Gasteiger partial charge in [0.15, 0.2) is 0 Å². The molecule has 1 aromatic carbocycles. The van der Waals surface area contributed by atoms with Crippen LogP contribution in [0.15, 0.2) is 24.3 Å². The number of ether oxygens (including phenoxy) is 2. The SMILES string of the molecule is O=C(CCn1nnc2ccccc21)N[C@@H]1COCC[C@@H]1OCCO. The third-order valence-corrected chi connectivity index (χ3v) is 4.03. The lowest BCUT2D eigenvalue weighted by Gasteiger charge is -2.32. The molecule has 2 aromatic rings. The summed E-state index contributed by atoms with van der Waals surface area (Å²) >= 11 is 0. The van der Waals surface area contributed by atoms with E-state index in [9.17, 15) is 4.79 Å². The molecule has 130 valence electrons. The summed E-state index contributed by atoms with van der Waals surface area (Å²) in [7, 11) is 0. The minimum Gasteiger partial charge on any atom is -0.394 e. The van der Waals surface area contributed by atoms with Crippen molar-refractivity contribution in [3.05, 3.63) is 24.3 Å². The molecule has 0 radical (unpaired) electrons. The maximum atomic E-state index is 12.2. The second-order valence-corrected chi connectivity index (χ2v) is 5.72. The molecule has 1 fully saturated rings. The van der Waals surface area contributed by atoms with E-state index in [4.69, 9.17) is 14.6 Å². The lowest BCUT2D eigenvalue weighted by molar-refractivity contribution is -0.126. The second-order valence-electron chi connectivity index (χ2n) is 5.72. The lowest BCUT2D eigenvalue weighted by Crippen LogP contribution is -2.50. The van der Waals surface area contributed by atoms with E-state index in [-0.39, 0.29) is 31.3 Å². The van der Waals surface area contributed by atoms with Crippen molar-refractivity contribution in [2.75, 3.05) is 26.4 Å². The topological polar surface area (TPSA) is 98.5 Å². The third-order valence-electron chi connectivity index (χ3n) is 4.03. The number of benzene rings is 1. The van der Waals surface area contributed by atoms with E-state index in [2.05, 4.69) is 15.6 Å². The van der Waals surface area contributed by atoms with Crippen LogP contribution < -0.4 is 5.32 Å². The van der Waals surface area contributed by atoms with Crippen LogP contribution in [0, 0.1) is 0 Å². The van der Waals surface area contributed by atoms with Gasteiger partial charge < -0.3 is 19.9 Å². The van der Waals surface area contributed by atoms with Crippen molar-refractivity contribution in [2.45, 2.75) is 31.5 Å². The molecule has 2 heterocycles. The number of rotatable bonds is 7. The molecule has 2 atom stereocenters. The predicted octanol–water partition coefficient (Wildman–Crippen LogP) is 0.104. The third kappa shape index (κ3) is 4.08. The Kier molecular flexibility index (Phi) is 5.73. The number of hydrogen-bond donors (Lipinski definition) is 2. The normalized spacial score (nSPS) is 21.0. The predicted molar refractivity (Wildman–Crippen MR) is 86.3 cm³/mol.